The Labute approximate surface area is 176 Å². The molecule has 2 aromatic carbocycles. The molecule has 156 valence electrons. The van der Waals surface area contributed by atoms with Gasteiger partial charge in [0.05, 0.1) is 0 Å². The van der Waals surface area contributed by atoms with Crippen molar-refractivity contribution in [3.05, 3.63) is 60.7 Å². The highest BCUT2D eigenvalue weighted by Crippen LogP contribution is 2.43. The van der Waals surface area contributed by atoms with Crippen LogP contribution in [0.5, 0.6) is 0 Å². The van der Waals surface area contributed by atoms with Crippen molar-refractivity contribution in [2.45, 2.75) is 57.4 Å². The maximum atomic E-state index is 12.2. The lowest BCUT2D eigenvalue weighted by atomic mass is 9.79. The average Bonchev–Trinajstić information content (AvgIpc) is 2.78. The van der Waals surface area contributed by atoms with E-state index < -0.39 is 8.32 Å². The molecule has 1 saturated carbocycles. The molecule has 2 aromatic rings. The Morgan fingerprint density at radius 1 is 0.966 bits per heavy atom. The van der Waals surface area contributed by atoms with Crippen LogP contribution in [0, 0.1) is 11.8 Å². The summed E-state index contributed by atoms with van der Waals surface area (Å²) in [7, 11) is -1.18. The zero-order chi connectivity index (χ0) is 20.9. The van der Waals surface area contributed by atoms with E-state index in [1.165, 1.54) is 0 Å². The summed E-state index contributed by atoms with van der Waals surface area (Å²) < 4.78 is 0. The molecular formula is C25H35NO2Si. The van der Waals surface area contributed by atoms with Gasteiger partial charge in [0.25, 0.3) is 8.32 Å². The largest absolute Gasteiger partial charge is 0.424 e. The Hall–Kier alpha value is -1.91. The lowest BCUT2D eigenvalue weighted by molar-refractivity contribution is -0.125. The van der Waals surface area contributed by atoms with Gasteiger partial charge in [0, 0.05) is 13.0 Å². The molecule has 1 aliphatic carbocycles. The van der Waals surface area contributed by atoms with Crippen LogP contribution in [-0.4, -0.2) is 26.1 Å². The fourth-order valence-electron chi connectivity index (χ4n) is 4.97. The van der Waals surface area contributed by atoms with Crippen molar-refractivity contribution in [1.29, 1.82) is 0 Å². The van der Waals surface area contributed by atoms with Crippen LogP contribution in [-0.2, 0) is 4.79 Å². The molecule has 0 aromatic heterocycles. The van der Waals surface area contributed by atoms with Crippen LogP contribution in [0.1, 0.15) is 52.4 Å². The number of rotatable bonds is 7. The van der Waals surface area contributed by atoms with Crippen molar-refractivity contribution >= 4 is 24.6 Å². The molecule has 1 fully saturated rings. The van der Waals surface area contributed by atoms with E-state index in [9.17, 15) is 9.59 Å². The Morgan fingerprint density at radius 2 is 1.45 bits per heavy atom. The fourth-order valence-corrected chi connectivity index (χ4v) is 8.72. The van der Waals surface area contributed by atoms with Gasteiger partial charge in [-0.2, -0.15) is 0 Å². The first kappa shape index (κ1) is 21.8. The van der Waals surface area contributed by atoms with E-state index >= 15 is 0 Å². The quantitative estimate of drug-likeness (QED) is 0.683. The van der Waals surface area contributed by atoms with Crippen molar-refractivity contribution in [1.82, 2.24) is 5.32 Å². The second-order valence-corrected chi connectivity index (χ2v) is 13.1. The average molecular weight is 410 g/mol. The minimum Gasteiger partial charge on any atom is -0.424 e. The predicted octanol–water partition coefficient (Wildman–Crippen LogP) is 3.85. The molecule has 0 radical (unpaired) electrons. The number of nitrogens with one attached hydrogen (secondary N) is 1. The van der Waals surface area contributed by atoms with Gasteiger partial charge in [0.15, 0.2) is 0 Å². The van der Waals surface area contributed by atoms with Gasteiger partial charge in [-0.05, 0) is 53.4 Å². The predicted molar refractivity (Wildman–Crippen MR) is 123 cm³/mol. The van der Waals surface area contributed by atoms with Crippen LogP contribution in [0.3, 0.4) is 0 Å². The summed E-state index contributed by atoms with van der Waals surface area (Å²) in [5.41, 5.74) is 0. The SMILES string of the molecule is CNC(=O)C1CCC(CCC(C)(C)[Si](O)(c2ccccc2)c2ccccc2)CC1. The maximum Gasteiger partial charge on any atom is 0.258 e. The third-order valence-electron chi connectivity index (χ3n) is 7.00. The monoisotopic (exact) mass is 409 g/mol. The molecule has 29 heavy (non-hydrogen) atoms. The molecule has 4 heteroatoms. The number of amides is 1. The van der Waals surface area contributed by atoms with Crippen molar-refractivity contribution < 1.29 is 9.59 Å². The summed E-state index contributed by atoms with van der Waals surface area (Å²) in [4.78, 5) is 24.1. The van der Waals surface area contributed by atoms with Gasteiger partial charge < -0.3 is 10.1 Å². The first-order chi connectivity index (χ1) is 13.9. The molecule has 0 atom stereocenters. The summed E-state index contributed by atoms with van der Waals surface area (Å²) >= 11 is 0. The second kappa shape index (κ2) is 9.27. The first-order valence-electron chi connectivity index (χ1n) is 10.9. The highest BCUT2D eigenvalue weighted by Gasteiger charge is 2.49. The molecule has 1 aliphatic rings. The zero-order valence-corrected chi connectivity index (χ0v) is 19.0. The Morgan fingerprint density at radius 3 is 1.90 bits per heavy atom. The standard InChI is InChI=1S/C25H35NO2Si/c1-25(2,19-18-20-14-16-21(17-15-20)24(27)26-3)29(28,22-10-6-4-7-11-22)23-12-8-5-9-13-23/h4-13,20-21,28H,14-19H2,1-3H3,(H,26,27). The summed E-state index contributed by atoms with van der Waals surface area (Å²) in [6.45, 7) is 4.49. The topological polar surface area (TPSA) is 49.3 Å². The lowest BCUT2D eigenvalue weighted by Gasteiger charge is -2.42. The van der Waals surface area contributed by atoms with Crippen LogP contribution in [0.15, 0.2) is 60.7 Å². The van der Waals surface area contributed by atoms with Gasteiger partial charge in [-0.1, -0.05) is 80.9 Å². The maximum absolute atomic E-state index is 12.2. The van der Waals surface area contributed by atoms with Crippen molar-refractivity contribution in [2.24, 2.45) is 11.8 Å². The van der Waals surface area contributed by atoms with Crippen molar-refractivity contribution in [3.8, 4) is 0 Å². The molecule has 0 heterocycles. The number of carbonyl (C=O) groups excluding carboxylic acids is 1. The van der Waals surface area contributed by atoms with Gasteiger partial charge in [0.2, 0.25) is 5.91 Å². The van der Waals surface area contributed by atoms with Crippen LogP contribution < -0.4 is 15.7 Å². The van der Waals surface area contributed by atoms with Crippen LogP contribution in [0.4, 0.5) is 0 Å². The van der Waals surface area contributed by atoms with Gasteiger partial charge >= 0.3 is 0 Å². The minimum absolute atomic E-state index is 0.184. The number of carbonyl (C=O) groups is 1. The molecule has 0 spiro atoms. The minimum atomic E-state index is -2.92. The number of hydrogen-bond donors (Lipinski definition) is 2. The summed E-state index contributed by atoms with van der Waals surface area (Å²) in [6.07, 6.45) is 6.32. The molecule has 0 saturated heterocycles. The molecule has 1 amide bonds. The van der Waals surface area contributed by atoms with Gasteiger partial charge in [-0.15, -0.1) is 0 Å². The molecule has 0 aliphatic heterocycles. The Kier molecular flexibility index (Phi) is 6.96. The smallest absolute Gasteiger partial charge is 0.258 e. The number of benzene rings is 2. The lowest BCUT2D eigenvalue weighted by Crippen LogP contribution is -2.65. The highest BCUT2D eigenvalue weighted by molar-refractivity contribution is 6.98. The van der Waals surface area contributed by atoms with E-state index in [1.54, 1.807) is 7.05 Å². The van der Waals surface area contributed by atoms with E-state index in [0.29, 0.717) is 5.92 Å². The molecule has 3 nitrogen and oxygen atoms in total. The van der Waals surface area contributed by atoms with Crippen LogP contribution in [0.25, 0.3) is 0 Å². The Bertz CT molecular complexity index is 743. The van der Waals surface area contributed by atoms with Crippen molar-refractivity contribution in [3.63, 3.8) is 0 Å². The third-order valence-corrected chi connectivity index (χ3v) is 11.6. The summed E-state index contributed by atoms with van der Waals surface area (Å²) in [6, 6.07) is 20.5. The molecule has 3 rings (SSSR count). The summed E-state index contributed by atoms with van der Waals surface area (Å²) in [5.74, 6) is 1.03. The van der Waals surface area contributed by atoms with E-state index in [4.69, 9.17) is 0 Å². The first-order valence-corrected chi connectivity index (χ1v) is 12.9. The third kappa shape index (κ3) is 4.64. The van der Waals surface area contributed by atoms with E-state index in [0.717, 1.165) is 48.9 Å². The van der Waals surface area contributed by atoms with E-state index in [2.05, 4.69) is 43.4 Å². The zero-order valence-electron chi connectivity index (χ0n) is 18.0. The van der Waals surface area contributed by atoms with Gasteiger partial charge in [0.1, 0.15) is 0 Å². The van der Waals surface area contributed by atoms with Crippen LogP contribution in [0.2, 0.25) is 5.04 Å². The number of hydrogen-bond acceptors (Lipinski definition) is 2. The fraction of sp³-hybridized carbons (Fsp3) is 0.480. The van der Waals surface area contributed by atoms with Gasteiger partial charge in [-0.3, -0.25) is 4.79 Å². The molecular weight excluding hydrogens is 374 g/mol. The molecule has 0 bridgehead atoms. The van der Waals surface area contributed by atoms with E-state index in [1.807, 2.05) is 36.4 Å². The van der Waals surface area contributed by atoms with E-state index in [-0.39, 0.29) is 16.9 Å². The van der Waals surface area contributed by atoms with Crippen LogP contribution >= 0.6 is 0 Å². The van der Waals surface area contributed by atoms with Gasteiger partial charge in [-0.25, -0.2) is 0 Å². The Balaban J connectivity index is 1.75. The summed E-state index contributed by atoms with van der Waals surface area (Å²) in [5, 5.41) is 4.77. The second-order valence-electron chi connectivity index (χ2n) is 9.20. The van der Waals surface area contributed by atoms with Crippen molar-refractivity contribution in [2.75, 3.05) is 7.05 Å². The highest BCUT2D eigenvalue weighted by atomic mass is 28.4. The normalized spacial score (nSPS) is 20.3. The molecule has 2 N–H and O–H groups in total. The molecule has 0 unspecified atom stereocenters.